The van der Waals surface area contributed by atoms with Gasteiger partial charge in [-0.3, -0.25) is 4.79 Å². The summed E-state index contributed by atoms with van der Waals surface area (Å²) >= 11 is 13.0. The van der Waals surface area contributed by atoms with Gasteiger partial charge >= 0.3 is 0 Å². The monoisotopic (exact) mass is 726 g/mol. The molecule has 2 bridgehead atoms. The maximum Gasteiger partial charge on any atom is 0.264 e. The Kier molecular flexibility index (Phi) is 9.08. The van der Waals surface area contributed by atoms with E-state index in [1.54, 1.807) is 32.4 Å². The van der Waals surface area contributed by atoms with Crippen LogP contribution < -0.4 is 14.4 Å². The Morgan fingerprint density at radius 1 is 1.12 bits per heavy atom. The quantitative estimate of drug-likeness (QED) is 0.290. The number of allylic oxidation sites excluding steroid dienone is 1. The van der Waals surface area contributed by atoms with Crippen LogP contribution in [0.2, 0.25) is 10.3 Å². The number of ether oxygens (including phenoxy) is 2. The van der Waals surface area contributed by atoms with E-state index in [-0.39, 0.29) is 28.7 Å². The first kappa shape index (κ1) is 34.4. The molecule has 3 heterocycles. The Labute approximate surface area is 299 Å². The number of imidazole rings is 1. The Bertz CT molecular complexity index is 1910. The van der Waals surface area contributed by atoms with Gasteiger partial charge in [-0.15, -0.1) is 0 Å². The first-order chi connectivity index (χ1) is 23.4. The summed E-state index contributed by atoms with van der Waals surface area (Å²) < 4.78 is 44.4. The molecule has 4 aliphatic rings. The van der Waals surface area contributed by atoms with Crippen LogP contribution in [0.4, 0.5) is 5.69 Å². The number of anilines is 1. The third kappa shape index (κ3) is 5.96. The van der Waals surface area contributed by atoms with E-state index in [1.165, 1.54) is 11.1 Å². The molecule has 9 nitrogen and oxygen atoms in total. The van der Waals surface area contributed by atoms with Crippen molar-refractivity contribution in [2.24, 2.45) is 24.8 Å². The second kappa shape index (κ2) is 12.9. The van der Waals surface area contributed by atoms with Gasteiger partial charge in [-0.05, 0) is 110 Å². The number of rotatable bonds is 2. The third-order valence-electron chi connectivity index (χ3n) is 11.8. The average Bonchev–Trinajstić information content (AvgIpc) is 3.32. The third-order valence-corrected chi connectivity index (χ3v) is 14.3. The number of carbonyl (C=O) groups is 1. The minimum atomic E-state index is -3.99. The smallest absolute Gasteiger partial charge is 0.264 e. The van der Waals surface area contributed by atoms with Crippen molar-refractivity contribution in [2.45, 2.75) is 68.6 Å². The molecule has 6 atom stereocenters. The van der Waals surface area contributed by atoms with Crippen molar-refractivity contribution in [1.82, 2.24) is 14.3 Å². The van der Waals surface area contributed by atoms with Crippen molar-refractivity contribution in [1.29, 1.82) is 0 Å². The lowest BCUT2D eigenvalue weighted by atomic mass is 9.63. The van der Waals surface area contributed by atoms with Crippen molar-refractivity contribution < 1.29 is 22.7 Å². The number of aromatic nitrogens is 2. The highest BCUT2D eigenvalue weighted by Gasteiger charge is 2.51. The number of hydrogen-bond acceptors (Lipinski definition) is 7. The molecule has 12 heteroatoms. The fraction of sp³-hybridized carbons (Fsp3) is 0.514. The van der Waals surface area contributed by atoms with E-state index in [1.807, 2.05) is 36.7 Å². The van der Waals surface area contributed by atoms with Crippen LogP contribution in [0.15, 0.2) is 54.7 Å². The van der Waals surface area contributed by atoms with Crippen molar-refractivity contribution in [3.8, 4) is 5.75 Å². The highest BCUT2D eigenvalue weighted by Crippen LogP contribution is 2.52. The molecule has 49 heavy (non-hydrogen) atoms. The summed E-state index contributed by atoms with van der Waals surface area (Å²) in [6, 6.07) is 11.4. The second-order valence-electron chi connectivity index (χ2n) is 14.5. The molecule has 0 unspecified atom stereocenters. The number of carbonyl (C=O) groups excluding carboxylic acids is 1. The number of aryl methyl sites for hydroxylation is 1. The van der Waals surface area contributed by atoms with Gasteiger partial charge in [0, 0.05) is 49.2 Å². The highest BCUT2D eigenvalue weighted by atomic mass is 35.5. The van der Waals surface area contributed by atoms with E-state index in [2.05, 4.69) is 32.8 Å². The SMILES string of the molecule is CO[C@@]1(c2cnc(Cl)n2C)/C=C\C[C@H](C)[C@@H](C)S(=O)(=O)NC(=O)c2ccc3c(c2)N(C[C@@H]2CC[C@H]21)C[C@@]1(CCCc2cc(Cl)ccc21)CO3. The molecule has 2 aliphatic carbocycles. The molecule has 0 saturated heterocycles. The molecule has 3 aromatic rings. The standard InChI is InChI=1S/C37H44Cl2N4O5S/c1-23-7-5-16-37(47-4,33-19-40-35(39)42(33)3)30-12-9-27(30)20-43-21-36(15-6-8-25-17-28(38)11-13-29(25)36)22-48-32-14-10-26(18-31(32)43)34(44)41-49(45,46)24(23)2/h5,10-11,13-14,16-19,23-24,27,30H,6-9,12,15,20-22H2,1-4H3,(H,41,44)/b16-5-/t23-,24+,27-,30+,36-,37-/m0/s1. The predicted octanol–water partition coefficient (Wildman–Crippen LogP) is 6.81. The van der Waals surface area contributed by atoms with Crippen LogP contribution in [0, 0.1) is 17.8 Å². The first-order valence-electron chi connectivity index (χ1n) is 17.1. The number of hydrogen-bond donors (Lipinski definition) is 1. The van der Waals surface area contributed by atoms with Crippen molar-refractivity contribution in [3.63, 3.8) is 0 Å². The fourth-order valence-corrected chi connectivity index (χ4v) is 10.2. The Balaban J connectivity index is 1.37. The predicted molar refractivity (Wildman–Crippen MR) is 192 cm³/mol. The van der Waals surface area contributed by atoms with Crippen LogP contribution >= 0.6 is 23.2 Å². The number of benzene rings is 2. The van der Waals surface area contributed by atoms with Crippen LogP contribution in [0.25, 0.3) is 0 Å². The zero-order valence-electron chi connectivity index (χ0n) is 28.4. The number of sulfonamides is 1. The summed E-state index contributed by atoms with van der Waals surface area (Å²) in [6.07, 6.45) is 11.2. The van der Waals surface area contributed by atoms with E-state index in [4.69, 9.17) is 32.7 Å². The molecule has 1 aromatic heterocycles. The molecule has 1 saturated carbocycles. The van der Waals surface area contributed by atoms with E-state index in [0.717, 1.165) is 48.5 Å². The van der Waals surface area contributed by atoms with Crippen LogP contribution in [-0.2, 0) is 39.2 Å². The maximum absolute atomic E-state index is 13.6. The average molecular weight is 728 g/mol. The van der Waals surface area contributed by atoms with Gasteiger partial charge < -0.3 is 18.9 Å². The number of fused-ring (bicyclic) bond motifs is 4. The summed E-state index contributed by atoms with van der Waals surface area (Å²) in [6.45, 7) is 5.36. The van der Waals surface area contributed by atoms with Gasteiger partial charge in [0.15, 0.2) is 0 Å². The number of nitrogens with one attached hydrogen (secondary N) is 1. The topological polar surface area (TPSA) is 103 Å². The van der Waals surface area contributed by atoms with Gasteiger partial charge in [-0.25, -0.2) is 18.1 Å². The lowest BCUT2D eigenvalue weighted by Crippen LogP contribution is -2.52. The summed E-state index contributed by atoms with van der Waals surface area (Å²) in [5.74, 6) is 0.0483. The Morgan fingerprint density at radius 2 is 1.94 bits per heavy atom. The molecule has 0 radical (unpaired) electrons. The molecule has 1 fully saturated rings. The molecular formula is C37H44Cl2N4O5S. The molecular weight excluding hydrogens is 683 g/mol. The molecule has 1 amide bonds. The van der Waals surface area contributed by atoms with Crippen molar-refractivity contribution in [2.75, 3.05) is 31.7 Å². The highest BCUT2D eigenvalue weighted by molar-refractivity contribution is 7.90. The fourth-order valence-electron chi connectivity index (χ4n) is 8.60. The molecule has 262 valence electrons. The van der Waals surface area contributed by atoms with E-state index in [9.17, 15) is 13.2 Å². The minimum Gasteiger partial charge on any atom is -0.490 e. The van der Waals surface area contributed by atoms with Crippen LogP contribution in [0.1, 0.15) is 73.1 Å². The Morgan fingerprint density at radius 3 is 2.65 bits per heavy atom. The van der Waals surface area contributed by atoms with Gasteiger partial charge in [0.05, 0.1) is 29.4 Å². The second-order valence-corrected chi connectivity index (χ2v) is 17.3. The molecule has 2 aromatic carbocycles. The minimum absolute atomic E-state index is 0.0806. The summed E-state index contributed by atoms with van der Waals surface area (Å²) in [4.78, 5) is 20.4. The van der Waals surface area contributed by atoms with Gasteiger partial charge in [0.1, 0.15) is 11.4 Å². The largest absolute Gasteiger partial charge is 0.490 e. The van der Waals surface area contributed by atoms with Crippen LogP contribution in [-0.4, -0.2) is 55.9 Å². The number of halogens is 2. The van der Waals surface area contributed by atoms with Gasteiger partial charge in [0.25, 0.3) is 5.91 Å². The van der Waals surface area contributed by atoms with Gasteiger partial charge in [-0.1, -0.05) is 36.7 Å². The number of amides is 1. The maximum atomic E-state index is 13.6. The van der Waals surface area contributed by atoms with E-state index in [0.29, 0.717) is 37.2 Å². The molecule has 7 rings (SSSR count). The van der Waals surface area contributed by atoms with Gasteiger partial charge in [0.2, 0.25) is 15.3 Å². The molecule has 2 aliphatic heterocycles. The first-order valence-corrected chi connectivity index (χ1v) is 19.4. The van der Waals surface area contributed by atoms with Gasteiger partial charge in [-0.2, -0.15) is 0 Å². The van der Waals surface area contributed by atoms with Crippen LogP contribution in [0.3, 0.4) is 0 Å². The van der Waals surface area contributed by atoms with Crippen molar-refractivity contribution >= 4 is 44.8 Å². The van der Waals surface area contributed by atoms with Crippen LogP contribution in [0.5, 0.6) is 5.75 Å². The summed E-state index contributed by atoms with van der Waals surface area (Å²) in [7, 11) is -0.364. The Hall–Kier alpha value is -3.05. The van der Waals surface area contributed by atoms with E-state index >= 15 is 0 Å². The normalized spacial score (nSPS) is 31.8. The van der Waals surface area contributed by atoms with Crippen molar-refractivity contribution in [3.05, 3.63) is 87.4 Å². The number of nitrogens with zero attached hydrogens (tertiary/aromatic N) is 3. The zero-order valence-corrected chi connectivity index (χ0v) is 30.7. The number of methoxy groups -OCH3 is 1. The zero-order chi connectivity index (χ0) is 34.7. The molecule has 1 N–H and O–H groups in total. The summed E-state index contributed by atoms with van der Waals surface area (Å²) in [5, 5.41) is 0.272. The lowest BCUT2D eigenvalue weighted by molar-refractivity contribution is -0.0846. The lowest BCUT2D eigenvalue weighted by Gasteiger charge is -2.50. The summed E-state index contributed by atoms with van der Waals surface area (Å²) in [5.41, 5.74) is 3.25. The molecule has 1 spiro atoms. The van der Waals surface area contributed by atoms with E-state index < -0.39 is 26.8 Å².